The number of carbonyl (C=O) groups is 3. The average Bonchev–Trinajstić information content (AvgIpc) is 3.19. The molecule has 0 aromatic heterocycles. The number of ether oxygens (including phenoxy) is 4. The predicted octanol–water partition coefficient (Wildman–Crippen LogP) is 2.79. The molecule has 1 aliphatic heterocycles. The molecule has 1 N–H and O–H groups in total. The Morgan fingerprint density at radius 2 is 1.79 bits per heavy atom. The minimum Gasteiger partial charge on any atom is -0.465 e. The van der Waals surface area contributed by atoms with E-state index < -0.39 is 23.9 Å². The van der Waals surface area contributed by atoms with Gasteiger partial charge < -0.3 is 24.3 Å². The number of nitrogens with one attached hydrogen (secondary N) is 1. The molecule has 3 rings (SSSR count). The van der Waals surface area contributed by atoms with Gasteiger partial charge in [-0.15, -0.1) is 0 Å². The monoisotopic (exact) mass is 397 g/mol. The highest BCUT2D eigenvalue weighted by atomic mass is 16.7. The van der Waals surface area contributed by atoms with E-state index in [4.69, 9.17) is 14.2 Å². The van der Waals surface area contributed by atoms with Gasteiger partial charge in [-0.25, -0.2) is 9.59 Å². The lowest BCUT2D eigenvalue weighted by Gasteiger charge is -2.12. The zero-order valence-electron chi connectivity index (χ0n) is 15.8. The normalized spacial score (nSPS) is 13.0. The maximum absolute atomic E-state index is 12.2. The fourth-order valence-corrected chi connectivity index (χ4v) is 2.50. The maximum Gasteiger partial charge on any atom is 0.337 e. The Bertz CT molecular complexity index is 950. The van der Waals surface area contributed by atoms with Crippen molar-refractivity contribution in [2.45, 2.75) is 13.0 Å². The van der Waals surface area contributed by atoms with Crippen LogP contribution < -0.4 is 14.8 Å². The van der Waals surface area contributed by atoms with E-state index in [0.717, 1.165) is 0 Å². The molecular weight excluding hydrogens is 378 g/mol. The number of hydrogen-bond donors (Lipinski definition) is 1. The average molecular weight is 397 g/mol. The van der Waals surface area contributed by atoms with Crippen molar-refractivity contribution in [3.05, 3.63) is 59.7 Å². The van der Waals surface area contributed by atoms with E-state index in [1.54, 1.807) is 42.5 Å². The summed E-state index contributed by atoms with van der Waals surface area (Å²) in [6.45, 7) is 1.61. The summed E-state index contributed by atoms with van der Waals surface area (Å²) in [6.07, 6.45) is 1.72. The Balaban J connectivity index is 1.52. The van der Waals surface area contributed by atoms with Crippen LogP contribution in [0.5, 0.6) is 11.5 Å². The number of amides is 1. The molecule has 1 heterocycles. The molecule has 8 nitrogen and oxygen atoms in total. The van der Waals surface area contributed by atoms with E-state index >= 15 is 0 Å². The number of fused-ring (bicyclic) bond motifs is 1. The van der Waals surface area contributed by atoms with Crippen LogP contribution in [-0.2, 0) is 19.1 Å². The zero-order chi connectivity index (χ0) is 20.8. The highest BCUT2D eigenvalue weighted by Gasteiger charge is 2.19. The van der Waals surface area contributed by atoms with E-state index in [-0.39, 0.29) is 6.79 Å². The molecule has 0 saturated heterocycles. The van der Waals surface area contributed by atoms with E-state index in [1.807, 2.05) is 0 Å². The standard InChI is InChI=1S/C21H19NO7/c1-13(20(24)22-16-8-9-17-18(11-16)28-12-27-17)29-19(23)10-5-14-3-6-15(7-4-14)21(25)26-2/h3-11,13H,12H2,1-2H3,(H,22,24)/b10-5+/t13-/m0/s1. The molecule has 2 aromatic rings. The van der Waals surface area contributed by atoms with Crippen LogP contribution >= 0.6 is 0 Å². The van der Waals surface area contributed by atoms with Gasteiger partial charge in [-0.2, -0.15) is 0 Å². The van der Waals surface area contributed by atoms with Crippen molar-refractivity contribution >= 4 is 29.6 Å². The lowest BCUT2D eigenvalue weighted by molar-refractivity contribution is -0.148. The Morgan fingerprint density at radius 1 is 1.07 bits per heavy atom. The SMILES string of the molecule is COC(=O)c1ccc(/C=C/C(=O)O[C@@H](C)C(=O)Nc2ccc3c(c2)OCO3)cc1. The third kappa shape index (κ3) is 5.13. The number of methoxy groups -OCH3 is 1. The van der Waals surface area contributed by atoms with Gasteiger partial charge in [0.05, 0.1) is 12.7 Å². The van der Waals surface area contributed by atoms with Crippen molar-refractivity contribution in [1.82, 2.24) is 0 Å². The van der Waals surface area contributed by atoms with E-state index in [1.165, 1.54) is 26.2 Å². The summed E-state index contributed by atoms with van der Waals surface area (Å²) >= 11 is 0. The van der Waals surface area contributed by atoms with Gasteiger partial charge in [0.15, 0.2) is 17.6 Å². The molecule has 2 aromatic carbocycles. The first kappa shape index (κ1) is 19.9. The second-order valence-corrected chi connectivity index (χ2v) is 6.08. The predicted molar refractivity (Wildman–Crippen MR) is 104 cm³/mol. The van der Waals surface area contributed by atoms with Crippen LogP contribution in [0.4, 0.5) is 5.69 Å². The van der Waals surface area contributed by atoms with Crippen molar-refractivity contribution in [2.24, 2.45) is 0 Å². The van der Waals surface area contributed by atoms with Gasteiger partial charge in [-0.05, 0) is 42.8 Å². The second-order valence-electron chi connectivity index (χ2n) is 6.08. The molecule has 1 aliphatic rings. The lowest BCUT2D eigenvalue weighted by Crippen LogP contribution is -2.29. The van der Waals surface area contributed by atoms with Crippen molar-refractivity contribution < 1.29 is 33.3 Å². The highest BCUT2D eigenvalue weighted by Crippen LogP contribution is 2.34. The number of esters is 2. The minimum atomic E-state index is -1.00. The van der Waals surface area contributed by atoms with Crippen molar-refractivity contribution in [2.75, 3.05) is 19.2 Å². The van der Waals surface area contributed by atoms with E-state index in [9.17, 15) is 14.4 Å². The Morgan fingerprint density at radius 3 is 2.52 bits per heavy atom. The molecule has 0 radical (unpaired) electrons. The molecule has 8 heteroatoms. The molecule has 1 atom stereocenters. The molecule has 0 spiro atoms. The summed E-state index contributed by atoms with van der Waals surface area (Å²) in [5.41, 5.74) is 1.59. The van der Waals surface area contributed by atoms with Crippen LogP contribution in [0.2, 0.25) is 0 Å². The lowest BCUT2D eigenvalue weighted by atomic mass is 10.1. The van der Waals surface area contributed by atoms with Gasteiger partial charge in [-0.3, -0.25) is 4.79 Å². The highest BCUT2D eigenvalue weighted by molar-refractivity contribution is 5.97. The summed E-state index contributed by atoms with van der Waals surface area (Å²) in [4.78, 5) is 35.6. The smallest absolute Gasteiger partial charge is 0.337 e. The van der Waals surface area contributed by atoms with Crippen molar-refractivity contribution in [1.29, 1.82) is 0 Å². The van der Waals surface area contributed by atoms with Gasteiger partial charge in [0.1, 0.15) is 0 Å². The van der Waals surface area contributed by atoms with Gasteiger partial charge >= 0.3 is 11.9 Å². The summed E-state index contributed by atoms with van der Waals surface area (Å²) in [7, 11) is 1.30. The fraction of sp³-hybridized carbons (Fsp3) is 0.190. The molecule has 1 amide bonds. The summed E-state index contributed by atoms with van der Waals surface area (Å²) in [6, 6.07) is 11.5. The Labute approximate surface area is 167 Å². The molecule has 150 valence electrons. The second kappa shape index (κ2) is 8.92. The van der Waals surface area contributed by atoms with Crippen LogP contribution in [-0.4, -0.2) is 37.9 Å². The van der Waals surface area contributed by atoms with Crippen LogP contribution in [0.15, 0.2) is 48.5 Å². The molecule has 0 bridgehead atoms. The topological polar surface area (TPSA) is 100 Å². The number of rotatable bonds is 6. The van der Waals surface area contributed by atoms with Gasteiger partial charge in [0.25, 0.3) is 5.91 Å². The van der Waals surface area contributed by atoms with Gasteiger partial charge in [0, 0.05) is 17.8 Å². The van der Waals surface area contributed by atoms with Crippen LogP contribution in [0.1, 0.15) is 22.8 Å². The first-order valence-electron chi connectivity index (χ1n) is 8.74. The summed E-state index contributed by atoms with van der Waals surface area (Å²) < 4.78 is 20.2. The Kier molecular flexibility index (Phi) is 6.13. The number of carbonyl (C=O) groups excluding carboxylic acids is 3. The molecule has 0 aliphatic carbocycles. The Hall–Kier alpha value is -3.81. The largest absolute Gasteiger partial charge is 0.465 e. The quantitative estimate of drug-likeness (QED) is 0.591. The van der Waals surface area contributed by atoms with E-state index in [0.29, 0.717) is 28.3 Å². The van der Waals surface area contributed by atoms with Crippen molar-refractivity contribution in [3.63, 3.8) is 0 Å². The summed E-state index contributed by atoms with van der Waals surface area (Å²) in [5, 5.41) is 2.65. The van der Waals surface area contributed by atoms with Gasteiger partial charge in [-0.1, -0.05) is 12.1 Å². The van der Waals surface area contributed by atoms with E-state index in [2.05, 4.69) is 10.1 Å². The summed E-state index contributed by atoms with van der Waals surface area (Å²) in [5.74, 6) is -0.452. The van der Waals surface area contributed by atoms with Crippen LogP contribution in [0, 0.1) is 0 Å². The first-order valence-corrected chi connectivity index (χ1v) is 8.74. The number of hydrogen-bond acceptors (Lipinski definition) is 7. The zero-order valence-corrected chi connectivity index (χ0v) is 15.8. The third-order valence-corrected chi connectivity index (χ3v) is 4.05. The number of benzene rings is 2. The maximum atomic E-state index is 12.2. The minimum absolute atomic E-state index is 0.137. The molecule has 0 saturated carbocycles. The first-order chi connectivity index (χ1) is 14.0. The van der Waals surface area contributed by atoms with Crippen LogP contribution in [0.3, 0.4) is 0 Å². The van der Waals surface area contributed by atoms with Gasteiger partial charge in [0.2, 0.25) is 6.79 Å². The third-order valence-electron chi connectivity index (χ3n) is 4.05. The van der Waals surface area contributed by atoms with Crippen LogP contribution in [0.25, 0.3) is 6.08 Å². The molecule has 0 fully saturated rings. The fourth-order valence-electron chi connectivity index (χ4n) is 2.50. The van der Waals surface area contributed by atoms with Crippen molar-refractivity contribution in [3.8, 4) is 11.5 Å². The number of anilines is 1. The molecule has 29 heavy (non-hydrogen) atoms. The molecule has 0 unspecified atom stereocenters. The molecular formula is C21H19NO7.